The molecule has 1 atom stereocenters. The van der Waals surface area contributed by atoms with Crippen molar-refractivity contribution in [3.8, 4) is 0 Å². The zero-order valence-corrected chi connectivity index (χ0v) is 7.02. The van der Waals surface area contributed by atoms with Crippen LogP contribution < -0.4 is 10.6 Å². The van der Waals surface area contributed by atoms with E-state index in [-0.39, 0.29) is 5.91 Å². The molecular weight excluding hydrogens is 140 g/mol. The molecule has 1 aliphatic rings. The van der Waals surface area contributed by atoms with Gasteiger partial charge in [0.2, 0.25) is 5.91 Å². The molecule has 0 aromatic carbocycles. The highest BCUT2D eigenvalue weighted by Crippen LogP contribution is 2.09. The number of nitrogens with one attached hydrogen (secondary N) is 2. The lowest BCUT2D eigenvalue weighted by atomic mass is 10.0. The van der Waals surface area contributed by atoms with Crippen LogP contribution in [0, 0.1) is 0 Å². The molecule has 0 aromatic rings. The minimum atomic E-state index is 0.143. The molecule has 0 unspecified atom stereocenters. The first-order valence-electron chi connectivity index (χ1n) is 4.27. The quantitative estimate of drug-likeness (QED) is 0.602. The molecule has 3 heteroatoms. The van der Waals surface area contributed by atoms with E-state index in [4.69, 9.17) is 0 Å². The van der Waals surface area contributed by atoms with Crippen molar-refractivity contribution in [2.24, 2.45) is 0 Å². The van der Waals surface area contributed by atoms with Gasteiger partial charge in [0, 0.05) is 19.5 Å². The molecule has 0 spiro atoms. The normalized spacial score (nSPS) is 24.6. The Morgan fingerprint density at radius 1 is 1.64 bits per heavy atom. The van der Waals surface area contributed by atoms with Gasteiger partial charge < -0.3 is 10.6 Å². The fourth-order valence-corrected chi connectivity index (χ4v) is 1.42. The SMILES string of the molecule is CNC(=O)C[C@@H]1CCCCN1. The molecule has 0 radical (unpaired) electrons. The second kappa shape index (κ2) is 4.34. The highest BCUT2D eigenvalue weighted by atomic mass is 16.1. The first-order valence-corrected chi connectivity index (χ1v) is 4.27. The lowest BCUT2D eigenvalue weighted by Gasteiger charge is -2.22. The van der Waals surface area contributed by atoms with Crippen molar-refractivity contribution in [1.29, 1.82) is 0 Å². The third-order valence-corrected chi connectivity index (χ3v) is 2.12. The van der Waals surface area contributed by atoms with Gasteiger partial charge >= 0.3 is 0 Å². The number of amides is 1. The van der Waals surface area contributed by atoms with E-state index in [1.54, 1.807) is 7.05 Å². The molecule has 64 valence electrons. The first-order chi connectivity index (χ1) is 5.33. The van der Waals surface area contributed by atoms with E-state index in [9.17, 15) is 4.79 Å². The Hall–Kier alpha value is -0.570. The second-order valence-corrected chi connectivity index (χ2v) is 3.02. The predicted octanol–water partition coefficient (Wildman–Crippen LogP) is 0.265. The molecular formula is C8H16N2O. The second-order valence-electron chi connectivity index (χ2n) is 3.02. The van der Waals surface area contributed by atoms with Crippen LogP contribution in [0.3, 0.4) is 0 Å². The van der Waals surface area contributed by atoms with Crippen LogP contribution in [0.5, 0.6) is 0 Å². The standard InChI is InChI=1S/C8H16N2O/c1-9-8(11)6-7-4-2-3-5-10-7/h7,10H,2-6H2,1H3,(H,9,11)/t7-/m0/s1. The number of piperidine rings is 1. The van der Waals surface area contributed by atoms with Gasteiger partial charge in [-0.05, 0) is 19.4 Å². The van der Waals surface area contributed by atoms with Crippen LogP contribution >= 0.6 is 0 Å². The van der Waals surface area contributed by atoms with Crippen molar-refractivity contribution in [3.63, 3.8) is 0 Å². The van der Waals surface area contributed by atoms with Crippen LogP contribution in [0.4, 0.5) is 0 Å². The highest BCUT2D eigenvalue weighted by molar-refractivity contribution is 5.76. The van der Waals surface area contributed by atoms with Crippen molar-refractivity contribution in [2.75, 3.05) is 13.6 Å². The summed E-state index contributed by atoms with van der Waals surface area (Å²) in [4.78, 5) is 10.9. The molecule has 0 bridgehead atoms. The van der Waals surface area contributed by atoms with Crippen molar-refractivity contribution < 1.29 is 4.79 Å². The molecule has 1 aliphatic heterocycles. The number of hydrogen-bond acceptors (Lipinski definition) is 2. The van der Waals surface area contributed by atoms with Gasteiger partial charge in [0.25, 0.3) is 0 Å². The topological polar surface area (TPSA) is 41.1 Å². The van der Waals surface area contributed by atoms with E-state index in [0.29, 0.717) is 12.5 Å². The summed E-state index contributed by atoms with van der Waals surface area (Å²) in [7, 11) is 1.69. The summed E-state index contributed by atoms with van der Waals surface area (Å²) in [5.41, 5.74) is 0. The monoisotopic (exact) mass is 156 g/mol. The van der Waals surface area contributed by atoms with E-state index < -0.39 is 0 Å². The largest absolute Gasteiger partial charge is 0.359 e. The summed E-state index contributed by atoms with van der Waals surface area (Å²) in [6.07, 6.45) is 4.29. The van der Waals surface area contributed by atoms with E-state index in [0.717, 1.165) is 13.0 Å². The maximum Gasteiger partial charge on any atom is 0.221 e. The lowest BCUT2D eigenvalue weighted by molar-refractivity contribution is -0.121. The zero-order chi connectivity index (χ0) is 8.10. The molecule has 0 aliphatic carbocycles. The van der Waals surface area contributed by atoms with Crippen molar-refractivity contribution >= 4 is 5.91 Å². The average molecular weight is 156 g/mol. The molecule has 0 saturated carbocycles. The Bertz CT molecular complexity index is 130. The summed E-state index contributed by atoms with van der Waals surface area (Å²) >= 11 is 0. The third kappa shape index (κ3) is 2.89. The number of hydrogen-bond donors (Lipinski definition) is 2. The Balaban J connectivity index is 2.19. The van der Waals surface area contributed by atoms with Crippen molar-refractivity contribution in [1.82, 2.24) is 10.6 Å². The summed E-state index contributed by atoms with van der Waals surface area (Å²) in [6, 6.07) is 0.420. The van der Waals surface area contributed by atoms with Gasteiger partial charge in [-0.2, -0.15) is 0 Å². The van der Waals surface area contributed by atoms with Crippen molar-refractivity contribution in [3.05, 3.63) is 0 Å². The Kier molecular flexibility index (Phi) is 3.36. The van der Waals surface area contributed by atoms with E-state index >= 15 is 0 Å². The molecule has 2 N–H and O–H groups in total. The van der Waals surface area contributed by atoms with E-state index in [2.05, 4.69) is 10.6 Å². The van der Waals surface area contributed by atoms with Crippen LogP contribution in [0.2, 0.25) is 0 Å². The van der Waals surface area contributed by atoms with Gasteiger partial charge in [-0.1, -0.05) is 6.42 Å². The lowest BCUT2D eigenvalue weighted by Crippen LogP contribution is -2.37. The van der Waals surface area contributed by atoms with Crippen LogP contribution in [-0.4, -0.2) is 25.5 Å². The number of carbonyl (C=O) groups excluding carboxylic acids is 1. The molecule has 3 nitrogen and oxygen atoms in total. The van der Waals surface area contributed by atoms with E-state index in [1.165, 1.54) is 12.8 Å². The van der Waals surface area contributed by atoms with Gasteiger partial charge in [0.15, 0.2) is 0 Å². The predicted molar refractivity (Wildman–Crippen MR) is 44.3 cm³/mol. The van der Waals surface area contributed by atoms with Crippen LogP contribution in [0.1, 0.15) is 25.7 Å². The van der Waals surface area contributed by atoms with Gasteiger partial charge in [-0.3, -0.25) is 4.79 Å². The maximum atomic E-state index is 10.9. The van der Waals surface area contributed by atoms with Gasteiger partial charge in [-0.25, -0.2) is 0 Å². The molecule has 1 amide bonds. The first kappa shape index (κ1) is 8.53. The molecule has 1 heterocycles. The van der Waals surface area contributed by atoms with Crippen molar-refractivity contribution in [2.45, 2.75) is 31.7 Å². The zero-order valence-electron chi connectivity index (χ0n) is 7.02. The van der Waals surface area contributed by atoms with E-state index in [1.807, 2.05) is 0 Å². The summed E-state index contributed by atoms with van der Waals surface area (Å²) in [5, 5.41) is 5.96. The smallest absolute Gasteiger partial charge is 0.221 e. The Morgan fingerprint density at radius 3 is 3.00 bits per heavy atom. The van der Waals surface area contributed by atoms with Crippen LogP contribution in [0.15, 0.2) is 0 Å². The Labute approximate surface area is 67.5 Å². The van der Waals surface area contributed by atoms with Crippen LogP contribution in [-0.2, 0) is 4.79 Å². The number of carbonyl (C=O) groups is 1. The summed E-state index contributed by atoms with van der Waals surface area (Å²) in [6.45, 7) is 1.07. The molecule has 11 heavy (non-hydrogen) atoms. The molecule has 1 fully saturated rings. The summed E-state index contributed by atoms with van der Waals surface area (Å²) in [5.74, 6) is 0.143. The minimum Gasteiger partial charge on any atom is -0.359 e. The fourth-order valence-electron chi connectivity index (χ4n) is 1.42. The number of rotatable bonds is 2. The highest BCUT2D eigenvalue weighted by Gasteiger charge is 2.14. The Morgan fingerprint density at radius 2 is 2.45 bits per heavy atom. The average Bonchev–Trinajstić information content (AvgIpc) is 2.06. The summed E-state index contributed by atoms with van der Waals surface area (Å²) < 4.78 is 0. The molecule has 0 aromatic heterocycles. The van der Waals surface area contributed by atoms with Gasteiger partial charge in [-0.15, -0.1) is 0 Å². The third-order valence-electron chi connectivity index (χ3n) is 2.12. The minimum absolute atomic E-state index is 0.143. The maximum absolute atomic E-state index is 10.9. The van der Waals surface area contributed by atoms with Gasteiger partial charge in [0.1, 0.15) is 0 Å². The molecule has 1 rings (SSSR count). The fraction of sp³-hybridized carbons (Fsp3) is 0.875. The van der Waals surface area contributed by atoms with Gasteiger partial charge in [0.05, 0.1) is 0 Å². The molecule has 1 saturated heterocycles. The van der Waals surface area contributed by atoms with Crippen LogP contribution in [0.25, 0.3) is 0 Å².